The fraction of sp³-hybridized carbons (Fsp3) is 0.529. The van der Waals surface area contributed by atoms with Crippen molar-refractivity contribution in [1.82, 2.24) is 9.80 Å². The number of benzene rings is 1. The van der Waals surface area contributed by atoms with Gasteiger partial charge in [0.15, 0.2) is 0 Å². The van der Waals surface area contributed by atoms with Gasteiger partial charge in [-0.2, -0.15) is 0 Å². The minimum absolute atomic E-state index is 0.103. The van der Waals surface area contributed by atoms with Crippen molar-refractivity contribution in [3.63, 3.8) is 0 Å². The highest BCUT2D eigenvalue weighted by atomic mass is 16.2. The molecule has 2 heterocycles. The molecule has 2 amide bonds. The van der Waals surface area contributed by atoms with E-state index in [1.54, 1.807) is 0 Å². The Morgan fingerprint density at radius 2 is 1.82 bits per heavy atom. The van der Waals surface area contributed by atoms with Crippen LogP contribution in [-0.4, -0.2) is 40.7 Å². The second kappa shape index (κ2) is 6.08. The molecule has 2 aliphatic heterocycles. The summed E-state index contributed by atoms with van der Waals surface area (Å²) >= 11 is 0. The van der Waals surface area contributed by atoms with Crippen molar-refractivity contribution < 1.29 is 9.59 Å². The van der Waals surface area contributed by atoms with Crippen LogP contribution in [0.25, 0.3) is 0 Å². The monoisotopic (exact) mass is 301 g/mol. The van der Waals surface area contributed by atoms with E-state index in [9.17, 15) is 9.59 Å². The van der Waals surface area contributed by atoms with Crippen LogP contribution in [0.3, 0.4) is 0 Å². The lowest BCUT2D eigenvalue weighted by atomic mass is 9.93. The molecule has 3 rings (SSSR count). The second-order valence-electron chi connectivity index (χ2n) is 6.49. The van der Waals surface area contributed by atoms with E-state index in [4.69, 9.17) is 5.73 Å². The highest BCUT2D eigenvalue weighted by Gasteiger charge is 2.32. The number of amides is 2. The molecule has 0 aromatic heterocycles. The number of nitrogens with zero attached hydrogens (tertiary/aromatic N) is 2. The largest absolute Gasteiger partial charge is 0.369 e. The number of carbonyl (C=O) groups is 2. The third-order valence-corrected chi connectivity index (χ3v) is 4.87. The number of nitrogens with two attached hydrogens (primary N) is 1. The van der Waals surface area contributed by atoms with Crippen LogP contribution in [0.5, 0.6) is 0 Å². The first-order valence-corrected chi connectivity index (χ1v) is 7.92. The van der Waals surface area contributed by atoms with E-state index in [0.717, 1.165) is 25.9 Å². The van der Waals surface area contributed by atoms with Gasteiger partial charge < -0.3 is 10.6 Å². The Morgan fingerprint density at radius 1 is 1.18 bits per heavy atom. The molecule has 0 spiro atoms. The first-order valence-electron chi connectivity index (χ1n) is 7.92. The van der Waals surface area contributed by atoms with E-state index in [-0.39, 0.29) is 23.8 Å². The number of primary amides is 1. The van der Waals surface area contributed by atoms with E-state index in [0.29, 0.717) is 13.1 Å². The standard InChI is InChI=1S/C17H23N3O2/c1-12-6-7-15(17(18)22)10-20(12)16(21)11-19-8-13-4-2-3-5-14(13)9-19/h2-5,12,15H,6-11H2,1H3,(H2,18,22)/t12-,15+/m1/s1. The van der Waals surface area contributed by atoms with Crippen molar-refractivity contribution in [1.29, 1.82) is 0 Å². The molecule has 0 radical (unpaired) electrons. The Labute approximate surface area is 131 Å². The van der Waals surface area contributed by atoms with Crippen LogP contribution in [0, 0.1) is 5.92 Å². The van der Waals surface area contributed by atoms with Gasteiger partial charge >= 0.3 is 0 Å². The summed E-state index contributed by atoms with van der Waals surface area (Å²) in [4.78, 5) is 28.0. The topological polar surface area (TPSA) is 66.6 Å². The zero-order valence-corrected chi connectivity index (χ0v) is 13.0. The van der Waals surface area contributed by atoms with Crippen molar-refractivity contribution in [3.05, 3.63) is 35.4 Å². The predicted octanol–water partition coefficient (Wildman–Crippen LogP) is 1.11. The van der Waals surface area contributed by atoms with Crippen molar-refractivity contribution >= 4 is 11.8 Å². The SMILES string of the molecule is C[C@@H]1CC[C@H](C(N)=O)CN1C(=O)CN1Cc2ccccc2C1. The molecule has 2 N–H and O–H groups in total. The smallest absolute Gasteiger partial charge is 0.237 e. The molecule has 1 aromatic rings. The molecule has 1 saturated heterocycles. The van der Waals surface area contributed by atoms with E-state index in [1.165, 1.54) is 11.1 Å². The molecule has 1 aromatic carbocycles. The molecular weight excluding hydrogens is 278 g/mol. The van der Waals surface area contributed by atoms with Gasteiger partial charge in [-0.05, 0) is 30.9 Å². The third kappa shape index (κ3) is 2.99. The Balaban J connectivity index is 1.61. The van der Waals surface area contributed by atoms with Crippen LogP contribution < -0.4 is 5.73 Å². The number of rotatable bonds is 3. The van der Waals surface area contributed by atoms with Crippen molar-refractivity contribution in [2.45, 2.75) is 38.9 Å². The summed E-state index contributed by atoms with van der Waals surface area (Å²) in [6.45, 7) is 4.57. The van der Waals surface area contributed by atoms with Crippen molar-refractivity contribution in [3.8, 4) is 0 Å². The van der Waals surface area contributed by atoms with Gasteiger partial charge in [-0.1, -0.05) is 24.3 Å². The van der Waals surface area contributed by atoms with Gasteiger partial charge in [0.05, 0.1) is 12.5 Å². The van der Waals surface area contributed by atoms with Gasteiger partial charge in [0.2, 0.25) is 11.8 Å². The van der Waals surface area contributed by atoms with Crippen LogP contribution >= 0.6 is 0 Å². The van der Waals surface area contributed by atoms with Crippen molar-refractivity contribution in [2.24, 2.45) is 11.7 Å². The molecule has 1 fully saturated rings. The molecule has 0 aliphatic carbocycles. The molecular formula is C17H23N3O2. The summed E-state index contributed by atoms with van der Waals surface area (Å²) in [6, 6.07) is 8.50. The number of likely N-dealkylation sites (tertiary alicyclic amines) is 1. The Hall–Kier alpha value is -1.88. The van der Waals surface area contributed by atoms with Gasteiger partial charge in [0.1, 0.15) is 0 Å². The average Bonchev–Trinajstić information content (AvgIpc) is 2.89. The molecule has 118 valence electrons. The third-order valence-electron chi connectivity index (χ3n) is 4.87. The summed E-state index contributed by atoms with van der Waals surface area (Å²) in [6.07, 6.45) is 1.63. The highest BCUT2D eigenvalue weighted by Crippen LogP contribution is 2.24. The van der Waals surface area contributed by atoms with Crippen molar-refractivity contribution in [2.75, 3.05) is 13.1 Å². The molecule has 5 heteroatoms. The molecule has 0 unspecified atom stereocenters. The first-order chi connectivity index (χ1) is 10.5. The lowest BCUT2D eigenvalue weighted by Crippen LogP contribution is -2.51. The maximum absolute atomic E-state index is 12.6. The van der Waals surface area contributed by atoms with Gasteiger partial charge in [0.25, 0.3) is 0 Å². The number of carbonyl (C=O) groups excluding carboxylic acids is 2. The summed E-state index contributed by atoms with van der Waals surface area (Å²) in [5, 5.41) is 0. The molecule has 5 nitrogen and oxygen atoms in total. The van der Waals surface area contributed by atoms with Gasteiger partial charge in [-0.3, -0.25) is 14.5 Å². The number of piperidine rings is 1. The Kier molecular flexibility index (Phi) is 4.16. The van der Waals surface area contributed by atoms with E-state index >= 15 is 0 Å². The minimum atomic E-state index is -0.293. The quantitative estimate of drug-likeness (QED) is 0.909. The summed E-state index contributed by atoms with van der Waals surface area (Å²) < 4.78 is 0. The van der Waals surface area contributed by atoms with Crippen LogP contribution in [0.2, 0.25) is 0 Å². The average molecular weight is 301 g/mol. The normalized spacial score (nSPS) is 25.0. The molecule has 0 saturated carbocycles. The minimum Gasteiger partial charge on any atom is -0.369 e. The highest BCUT2D eigenvalue weighted by molar-refractivity contribution is 5.81. The Bertz CT molecular complexity index is 562. The number of hydrogen-bond donors (Lipinski definition) is 1. The van der Waals surface area contributed by atoms with E-state index < -0.39 is 0 Å². The summed E-state index contributed by atoms with van der Waals surface area (Å²) in [5.41, 5.74) is 8.01. The van der Waals surface area contributed by atoms with Crippen LogP contribution in [0.1, 0.15) is 30.9 Å². The fourth-order valence-electron chi connectivity index (χ4n) is 3.48. The van der Waals surface area contributed by atoms with Gasteiger partial charge in [0, 0.05) is 25.7 Å². The molecule has 2 atom stereocenters. The lowest BCUT2D eigenvalue weighted by molar-refractivity contribution is -0.138. The van der Waals surface area contributed by atoms with Crippen LogP contribution in [0.4, 0.5) is 0 Å². The maximum atomic E-state index is 12.6. The van der Waals surface area contributed by atoms with E-state index in [2.05, 4.69) is 17.0 Å². The van der Waals surface area contributed by atoms with Crippen LogP contribution in [0.15, 0.2) is 24.3 Å². The van der Waals surface area contributed by atoms with Gasteiger partial charge in [-0.25, -0.2) is 0 Å². The van der Waals surface area contributed by atoms with Crippen LogP contribution in [-0.2, 0) is 22.7 Å². The van der Waals surface area contributed by atoms with E-state index in [1.807, 2.05) is 24.0 Å². The maximum Gasteiger partial charge on any atom is 0.237 e. The fourth-order valence-corrected chi connectivity index (χ4v) is 3.48. The number of fused-ring (bicyclic) bond motifs is 1. The lowest BCUT2D eigenvalue weighted by Gasteiger charge is -2.37. The van der Waals surface area contributed by atoms with Gasteiger partial charge in [-0.15, -0.1) is 0 Å². The zero-order valence-electron chi connectivity index (χ0n) is 13.0. The molecule has 2 aliphatic rings. The summed E-state index contributed by atoms with van der Waals surface area (Å²) in [5.74, 6) is -0.388. The second-order valence-corrected chi connectivity index (χ2v) is 6.49. The molecule has 22 heavy (non-hydrogen) atoms. The Morgan fingerprint density at radius 3 is 2.41 bits per heavy atom. The first kappa shape index (κ1) is 15.0. The zero-order chi connectivity index (χ0) is 15.7. The number of hydrogen-bond acceptors (Lipinski definition) is 3. The predicted molar refractivity (Wildman–Crippen MR) is 83.6 cm³/mol. The molecule has 0 bridgehead atoms. The summed E-state index contributed by atoms with van der Waals surface area (Å²) in [7, 11) is 0.